The zero-order valence-electron chi connectivity index (χ0n) is 21.6. The molecule has 3 atom stereocenters. The Morgan fingerprint density at radius 1 is 1.16 bits per heavy atom. The minimum atomic E-state index is -4.74. The van der Waals surface area contributed by atoms with Gasteiger partial charge in [0.05, 0.1) is 18.1 Å². The Bertz CT molecular complexity index is 1220. The minimum absolute atomic E-state index is 0.227. The van der Waals surface area contributed by atoms with Crippen molar-refractivity contribution < 1.29 is 27.4 Å². The molecule has 200 valence electrons. The first-order valence-corrected chi connectivity index (χ1v) is 12.7. The molecule has 1 aliphatic rings. The summed E-state index contributed by atoms with van der Waals surface area (Å²) < 4.78 is 48.8. The molecule has 0 bridgehead atoms. The first kappa shape index (κ1) is 26.8. The number of anilines is 2. The Kier molecular flexibility index (Phi) is 7.99. The van der Waals surface area contributed by atoms with Crippen molar-refractivity contribution in [3.8, 4) is 5.75 Å². The molecule has 37 heavy (non-hydrogen) atoms. The number of carbonyl (C=O) groups excluding carboxylic acids is 1. The summed E-state index contributed by atoms with van der Waals surface area (Å²) in [5.41, 5.74) is 3.40. The number of aromatic nitrogens is 2. The molecule has 4 rings (SSSR count). The van der Waals surface area contributed by atoms with Gasteiger partial charge in [-0.1, -0.05) is 33.3 Å². The highest BCUT2D eigenvalue weighted by Crippen LogP contribution is 2.44. The van der Waals surface area contributed by atoms with Crippen LogP contribution in [0.2, 0.25) is 0 Å². The van der Waals surface area contributed by atoms with Crippen LogP contribution in [-0.4, -0.2) is 29.0 Å². The predicted molar refractivity (Wildman–Crippen MR) is 137 cm³/mol. The third-order valence-corrected chi connectivity index (χ3v) is 7.26. The highest BCUT2D eigenvalue weighted by atomic mass is 19.4. The van der Waals surface area contributed by atoms with Crippen LogP contribution in [0.3, 0.4) is 0 Å². The van der Waals surface area contributed by atoms with Crippen molar-refractivity contribution in [3.05, 3.63) is 48.0 Å². The van der Waals surface area contributed by atoms with Crippen molar-refractivity contribution in [1.29, 1.82) is 0 Å². The van der Waals surface area contributed by atoms with Gasteiger partial charge in [-0.15, -0.1) is 13.2 Å². The molecule has 1 heterocycles. The number of carbonyl (C=O) groups is 1. The lowest BCUT2D eigenvalue weighted by Gasteiger charge is -2.39. The van der Waals surface area contributed by atoms with Crippen molar-refractivity contribution in [3.63, 3.8) is 0 Å². The Labute approximate surface area is 215 Å². The summed E-state index contributed by atoms with van der Waals surface area (Å²) in [4.78, 5) is 16.5. The van der Waals surface area contributed by atoms with Crippen molar-refractivity contribution in [1.82, 2.24) is 9.55 Å². The fourth-order valence-corrected chi connectivity index (χ4v) is 5.39. The zero-order valence-corrected chi connectivity index (χ0v) is 21.6. The molecule has 1 aliphatic carbocycles. The monoisotopic (exact) mass is 517 g/mol. The average Bonchev–Trinajstić information content (AvgIpc) is 3.19. The maximum absolute atomic E-state index is 12.6. The van der Waals surface area contributed by atoms with E-state index in [1.54, 1.807) is 12.1 Å². The van der Waals surface area contributed by atoms with Gasteiger partial charge < -0.3 is 19.4 Å². The molecule has 0 unspecified atom stereocenters. The van der Waals surface area contributed by atoms with Gasteiger partial charge in [0.25, 0.3) is 0 Å². The third-order valence-electron chi connectivity index (χ3n) is 7.26. The van der Waals surface area contributed by atoms with Gasteiger partial charge in [-0.25, -0.2) is 4.98 Å². The van der Waals surface area contributed by atoms with Crippen molar-refractivity contribution in [2.75, 3.05) is 12.4 Å². The zero-order chi connectivity index (χ0) is 26.7. The number of imidazole rings is 1. The smallest absolute Gasteiger partial charge is 0.469 e. The van der Waals surface area contributed by atoms with E-state index < -0.39 is 6.36 Å². The summed E-state index contributed by atoms with van der Waals surface area (Å²) in [6, 6.07) is 12.0. The predicted octanol–water partition coefficient (Wildman–Crippen LogP) is 7.42. The molecule has 3 aromatic rings. The van der Waals surface area contributed by atoms with E-state index in [2.05, 4.69) is 41.5 Å². The number of ether oxygens (including phenoxy) is 2. The van der Waals surface area contributed by atoms with Crippen molar-refractivity contribution in [2.24, 2.45) is 17.8 Å². The number of fused-ring (bicyclic) bond motifs is 1. The highest BCUT2D eigenvalue weighted by Gasteiger charge is 2.34. The fraction of sp³-hybridized carbons (Fsp3) is 0.500. The van der Waals surface area contributed by atoms with Crippen LogP contribution in [0.15, 0.2) is 42.5 Å². The van der Waals surface area contributed by atoms with Crippen LogP contribution in [0.25, 0.3) is 11.0 Å². The third kappa shape index (κ3) is 6.56. The second-order valence-corrected chi connectivity index (χ2v) is 10.3. The summed E-state index contributed by atoms with van der Waals surface area (Å²) in [6.45, 7) is 6.79. The number of nitrogens with one attached hydrogen (secondary N) is 1. The number of rotatable bonds is 8. The Morgan fingerprint density at radius 3 is 2.54 bits per heavy atom. The summed E-state index contributed by atoms with van der Waals surface area (Å²) in [7, 11) is 1.38. The van der Waals surface area contributed by atoms with Gasteiger partial charge in [-0.05, 0) is 79.0 Å². The standard InChI is InChI=1S/C28H34F3N3O3/c1-17(2)22-12-5-18(3)15-25(22)34-24-13-6-19(7-14-26(35)36-4)16-23(24)33-27(34)32-20-8-10-21(11-9-20)37-28(29,30)31/h6,8-11,13,16-18,22,25H,5,7,12,14-15H2,1-4H3,(H,32,33)/t18-,22+,25-/m1/s1. The molecule has 2 aromatic carbocycles. The quantitative estimate of drug-likeness (QED) is 0.315. The largest absolute Gasteiger partial charge is 0.573 e. The number of hydrogen-bond acceptors (Lipinski definition) is 5. The van der Waals surface area contributed by atoms with E-state index in [4.69, 9.17) is 9.72 Å². The Balaban J connectivity index is 1.72. The average molecular weight is 518 g/mol. The topological polar surface area (TPSA) is 65.4 Å². The van der Waals surface area contributed by atoms with E-state index in [9.17, 15) is 18.0 Å². The lowest BCUT2D eigenvalue weighted by molar-refractivity contribution is -0.274. The molecular weight excluding hydrogens is 483 g/mol. The number of benzene rings is 2. The molecular formula is C28H34F3N3O3. The second-order valence-electron chi connectivity index (χ2n) is 10.3. The van der Waals surface area contributed by atoms with E-state index in [0.29, 0.717) is 35.8 Å². The van der Waals surface area contributed by atoms with Crippen LogP contribution in [-0.2, 0) is 16.0 Å². The number of alkyl halides is 3. The van der Waals surface area contributed by atoms with Crippen LogP contribution in [0.5, 0.6) is 5.75 Å². The molecule has 0 saturated heterocycles. The van der Waals surface area contributed by atoms with Gasteiger partial charge in [0, 0.05) is 18.2 Å². The lowest BCUT2D eigenvalue weighted by Crippen LogP contribution is -2.30. The first-order chi connectivity index (χ1) is 17.5. The summed E-state index contributed by atoms with van der Waals surface area (Å²) in [5, 5.41) is 3.34. The number of nitrogens with zero attached hydrogens (tertiary/aromatic N) is 2. The fourth-order valence-electron chi connectivity index (χ4n) is 5.39. The van der Waals surface area contributed by atoms with E-state index in [1.165, 1.54) is 25.7 Å². The molecule has 0 amide bonds. The number of aryl methyl sites for hydroxylation is 1. The van der Waals surface area contributed by atoms with Gasteiger partial charge in [-0.3, -0.25) is 4.79 Å². The Morgan fingerprint density at radius 2 is 1.89 bits per heavy atom. The molecule has 0 radical (unpaired) electrons. The van der Waals surface area contributed by atoms with Crippen LogP contribution in [0.1, 0.15) is 58.1 Å². The lowest BCUT2D eigenvalue weighted by atomic mass is 9.74. The normalized spacial score (nSPS) is 20.3. The number of esters is 1. The molecule has 1 N–H and O–H groups in total. The van der Waals surface area contributed by atoms with E-state index >= 15 is 0 Å². The molecule has 1 fully saturated rings. The number of hydrogen-bond donors (Lipinski definition) is 1. The second kappa shape index (κ2) is 11.0. The van der Waals surface area contributed by atoms with Crippen LogP contribution in [0, 0.1) is 17.8 Å². The van der Waals surface area contributed by atoms with Gasteiger partial charge in [0.2, 0.25) is 5.95 Å². The molecule has 1 aromatic heterocycles. The van der Waals surface area contributed by atoms with Gasteiger partial charge in [0.1, 0.15) is 5.75 Å². The SMILES string of the molecule is COC(=O)CCc1ccc2c(c1)nc(Nc1ccc(OC(F)(F)F)cc1)n2[C@@H]1C[C@H](C)CC[C@H]1C(C)C. The summed E-state index contributed by atoms with van der Waals surface area (Å²) >= 11 is 0. The van der Waals surface area contributed by atoms with Gasteiger partial charge in [0.15, 0.2) is 0 Å². The highest BCUT2D eigenvalue weighted by molar-refractivity contribution is 5.81. The molecule has 9 heteroatoms. The summed E-state index contributed by atoms with van der Waals surface area (Å²) in [6.07, 6.45) is -0.566. The molecule has 1 saturated carbocycles. The van der Waals surface area contributed by atoms with Crippen LogP contribution in [0.4, 0.5) is 24.8 Å². The van der Waals surface area contributed by atoms with Crippen molar-refractivity contribution >= 4 is 28.6 Å². The maximum Gasteiger partial charge on any atom is 0.573 e. The minimum Gasteiger partial charge on any atom is -0.469 e. The molecule has 0 aliphatic heterocycles. The van der Waals surface area contributed by atoms with E-state index in [1.807, 2.05) is 12.1 Å². The van der Waals surface area contributed by atoms with Gasteiger partial charge >= 0.3 is 12.3 Å². The van der Waals surface area contributed by atoms with Crippen LogP contribution < -0.4 is 10.1 Å². The van der Waals surface area contributed by atoms with Gasteiger partial charge in [-0.2, -0.15) is 0 Å². The van der Waals surface area contributed by atoms with E-state index in [-0.39, 0.29) is 24.2 Å². The Hall–Kier alpha value is -3.23. The van der Waals surface area contributed by atoms with Crippen LogP contribution >= 0.6 is 0 Å². The van der Waals surface area contributed by atoms with Crippen molar-refractivity contribution in [2.45, 2.75) is 65.3 Å². The molecule has 0 spiro atoms. The molecule has 6 nitrogen and oxygen atoms in total. The first-order valence-electron chi connectivity index (χ1n) is 12.7. The number of halogens is 3. The number of methoxy groups -OCH3 is 1. The maximum atomic E-state index is 12.6. The van der Waals surface area contributed by atoms with E-state index in [0.717, 1.165) is 29.4 Å². The summed E-state index contributed by atoms with van der Waals surface area (Å²) in [5.74, 6) is 1.64.